The average Bonchev–Trinajstić information content (AvgIpc) is 3.82. The first-order valence-corrected chi connectivity index (χ1v) is 21.8. The summed E-state index contributed by atoms with van der Waals surface area (Å²) in [6, 6.07) is 76.2. The maximum atomic E-state index is 2.45. The number of rotatable bonds is 5. The third-order valence-electron chi connectivity index (χ3n) is 12.5. The molecule has 1 aromatic heterocycles. The molecule has 1 aliphatic carbocycles. The second-order valence-corrected chi connectivity index (χ2v) is 17.2. The number of fused-ring (bicyclic) bond motifs is 5. The van der Waals surface area contributed by atoms with Crippen LogP contribution in [0.2, 0.25) is 0 Å². The van der Waals surface area contributed by atoms with Gasteiger partial charge in [0.1, 0.15) is 0 Å². The zero-order valence-electron chi connectivity index (χ0n) is 36.7. The van der Waals surface area contributed by atoms with Gasteiger partial charge in [0.2, 0.25) is 0 Å². The zero-order chi connectivity index (χ0) is 42.8. The fourth-order valence-corrected chi connectivity index (χ4v) is 9.18. The van der Waals surface area contributed by atoms with Gasteiger partial charge in [0.05, 0.1) is 11.2 Å². The maximum Gasteiger partial charge on any atom is 0.0626 e. The van der Waals surface area contributed by atoms with Crippen molar-refractivity contribution in [2.24, 2.45) is 0 Å². The lowest BCUT2D eigenvalue weighted by atomic mass is 9.76. The molecule has 11 rings (SSSR count). The van der Waals surface area contributed by atoms with E-state index in [-0.39, 0.29) is 5.41 Å². The summed E-state index contributed by atoms with van der Waals surface area (Å²) in [7, 11) is 0. The van der Waals surface area contributed by atoms with E-state index in [2.05, 4.69) is 252 Å². The average molecular weight is 800 g/mol. The summed E-state index contributed by atoms with van der Waals surface area (Å²) in [6.45, 7) is 13.2. The highest BCUT2D eigenvalue weighted by Gasteiger charge is 2.29. The largest absolute Gasteiger partial charge is 0.309 e. The van der Waals surface area contributed by atoms with Crippen LogP contribution in [0.15, 0.2) is 212 Å². The summed E-state index contributed by atoms with van der Waals surface area (Å²) in [5.41, 5.74) is 21.0. The number of aryl methyl sites for hydroxylation is 4. The van der Waals surface area contributed by atoms with Gasteiger partial charge in [-0.2, -0.15) is 0 Å². The molecule has 1 nitrogen and oxygen atoms in total. The standard InChI is InChI=1S/C31H21N.C17H20.C13H12/c1-20-13-18-28-27(19-20)30-25-11-5-9-23-10-6-12-26(29(23)25)31(30)32(28)24-16-14-22(15-17-24)21-7-3-2-4-8-21;1-13-10-11-14(2)16(12-13)17(3,4)15-8-6-5-7-9-15;1-11-7-9-13(10-8-11)12-5-3-2-4-6-12/h2-19H,1H3;5-12H,1-4H3;2-10H,1H3. The maximum absolute atomic E-state index is 2.45. The highest BCUT2D eigenvalue weighted by atomic mass is 15.0. The van der Waals surface area contributed by atoms with Crippen molar-refractivity contribution in [3.8, 4) is 50.3 Å². The quantitative estimate of drug-likeness (QED) is 0.163. The minimum absolute atomic E-state index is 0.0668. The van der Waals surface area contributed by atoms with Crippen molar-refractivity contribution >= 4 is 21.7 Å². The fourth-order valence-electron chi connectivity index (χ4n) is 9.18. The van der Waals surface area contributed by atoms with Crippen molar-refractivity contribution in [1.82, 2.24) is 4.57 Å². The number of benzene rings is 9. The van der Waals surface area contributed by atoms with Crippen molar-refractivity contribution in [3.05, 3.63) is 246 Å². The Morgan fingerprint density at radius 1 is 0.403 bits per heavy atom. The minimum atomic E-state index is 0.0668. The number of aromatic nitrogens is 1. The van der Waals surface area contributed by atoms with E-state index in [1.54, 1.807) is 0 Å². The second kappa shape index (κ2) is 17.0. The molecule has 0 atom stereocenters. The van der Waals surface area contributed by atoms with Crippen molar-refractivity contribution in [3.63, 3.8) is 0 Å². The van der Waals surface area contributed by atoms with Crippen molar-refractivity contribution in [2.45, 2.75) is 47.0 Å². The highest BCUT2D eigenvalue weighted by Crippen LogP contribution is 2.52. The molecule has 0 saturated heterocycles. The van der Waals surface area contributed by atoms with Gasteiger partial charge in [-0.05, 0) is 107 Å². The Kier molecular flexibility index (Phi) is 11.0. The zero-order valence-corrected chi connectivity index (χ0v) is 36.7. The molecule has 0 spiro atoms. The smallest absolute Gasteiger partial charge is 0.0626 e. The van der Waals surface area contributed by atoms with Gasteiger partial charge in [0, 0.05) is 27.6 Å². The van der Waals surface area contributed by atoms with E-state index < -0.39 is 0 Å². The molecule has 1 aliphatic rings. The molecule has 1 heterocycles. The lowest BCUT2D eigenvalue weighted by molar-refractivity contribution is 0.635. The van der Waals surface area contributed by atoms with Crippen LogP contribution in [0.1, 0.15) is 47.2 Å². The summed E-state index contributed by atoms with van der Waals surface area (Å²) >= 11 is 0. The van der Waals surface area contributed by atoms with Crippen LogP contribution >= 0.6 is 0 Å². The van der Waals surface area contributed by atoms with Gasteiger partial charge in [-0.25, -0.2) is 0 Å². The Bertz CT molecular complexity index is 3130. The molecule has 0 radical (unpaired) electrons. The Balaban J connectivity index is 0.000000137. The summed E-state index contributed by atoms with van der Waals surface area (Å²) in [6.07, 6.45) is 0. The van der Waals surface area contributed by atoms with Crippen LogP contribution in [0.4, 0.5) is 0 Å². The SMILES string of the molecule is Cc1ccc(-c2ccccc2)cc1.Cc1ccc(C)c(C(C)(C)c2ccccc2)c1.Cc1ccc2c(c1)c1c(n2-c2ccc(-c3ccccc3)cc2)-c2cccc3cccc-1c23. The number of hydrogen-bond acceptors (Lipinski definition) is 0. The molecule has 10 aromatic rings. The summed E-state index contributed by atoms with van der Waals surface area (Å²) < 4.78 is 2.45. The lowest BCUT2D eigenvalue weighted by Crippen LogP contribution is -2.20. The van der Waals surface area contributed by atoms with E-state index in [1.165, 1.54) is 105 Å². The van der Waals surface area contributed by atoms with Crippen LogP contribution in [0.5, 0.6) is 0 Å². The van der Waals surface area contributed by atoms with Crippen LogP contribution in [0.3, 0.4) is 0 Å². The Hall–Kier alpha value is -7.22. The highest BCUT2D eigenvalue weighted by molar-refractivity contribution is 6.22. The van der Waals surface area contributed by atoms with Gasteiger partial charge < -0.3 is 4.57 Å². The molecule has 302 valence electrons. The molecule has 0 saturated carbocycles. The van der Waals surface area contributed by atoms with E-state index >= 15 is 0 Å². The molecule has 0 aliphatic heterocycles. The number of nitrogens with zero attached hydrogens (tertiary/aromatic N) is 1. The van der Waals surface area contributed by atoms with Gasteiger partial charge >= 0.3 is 0 Å². The van der Waals surface area contributed by atoms with Crippen LogP contribution in [-0.2, 0) is 5.41 Å². The minimum Gasteiger partial charge on any atom is -0.309 e. The molecule has 0 bridgehead atoms. The predicted octanol–water partition coefficient (Wildman–Crippen LogP) is 16.7. The van der Waals surface area contributed by atoms with Gasteiger partial charge in [-0.1, -0.05) is 219 Å². The summed E-state index contributed by atoms with van der Waals surface area (Å²) in [4.78, 5) is 0. The first-order chi connectivity index (χ1) is 30.2. The van der Waals surface area contributed by atoms with E-state index in [0.29, 0.717) is 0 Å². The van der Waals surface area contributed by atoms with E-state index in [9.17, 15) is 0 Å². The van der Waals surface area contributed by atoms with Gasteiger partial charge in [0.15, 0.2) is 0 Å². The van der Waals surface area contributed by atoms with Crippen LogP contribution in [-0.4, -0.2) is 4.57 Å². The fraction of sp³-hybridized carbons (Fsp3) is 0.115. The van der Waals surface area contributed by atoms with Gasteiger partial charge in [-0.3, -0.25) is 0 Å². The molecule has 0 fully saturated rings. The monoisotopic (exact) mass is 799 g/mol. The molecule has 0 unspecified atom stereocenters. The van der Waals surface area contributed by atoms with Gasteiger partial charge in [-0.15, -0.1) is 0 Å². The van der Waals surface area contributed by atoms with Crippen LogP contribution in [0.25, 0.3) is 72.0 Å². The summed E-state index contributed by atoms with van der Waals surface area (Å²) in [5, 5.41) is 4.01. The van der Waals surface area contributed by atoms with Crippen LogP contribution in [0, 0.1) is 27.7 Å². The first-order valence-electron chi connectivity index (χ1n) is 21.8. The van der Waals surface area contributed by atoms with Crippen molar-refractivity contribution in [1.29, 1.82) is 0 Å². The summed E-state index contributed by atoms with van der Waals surface area (Å²) in [5.74, 6) is 0. The van der Waals surface area contributed by atoms with Crippen molar-refractivity contribution in [2.75, 3.05) is 0 Å². The Morgan fingerprint density at radius 2 is 0.903 bits per heavy atom. The molecule has 0 amide bonds. The van der Waals surface area contributed by atoms with Crippen LogP contribution < -0.4 is 0 Å². The third kappa shape index (κ3) is 7.79. The second-order valence-electron chi connectivity index (χ2n) is 17.2. The van der Waals surface area contributed by atoms with E-state index in [0.717, 1.165) is 0 Å². The predicted molar refractivity (Wildman–Crippen MR) is 266 cm³/mol. The molecule has 9 aromatic carbocycles. The topological polar surface area (TPSA) is 4.93 Å². The van der Waals surface area contributed by atoms with Gasteiger partial charge in [0.25, 0.3) is 0 Å². The number of hydrogen-bond donors (Lipinski definition) is 0. The molecule has 62 heavy (non-hydrogen) atoms. The Labute approximate surface area is 367 Å². The molecule has 1 heteroatoms. The van der Waals surface area contributed by atoms with E-state index in [4.69, 9.17) is 0 Å². The van der Waals surface area contributed by atoms with E-state index in [1.807, 2.05) is 6.07 Å². The molecular weight excluding hydrogens is 747 g/mol. The normalized spacial score (nSPS) is 11.4. The molecule has 0 N–H and O–H groups in total. The molecular formula is C61H53N. The Morgan fingerprint density at radius 3 is 1.52 bits per heavy atom. The van der Waals surface area contributed by atoms with Crippen molar-refractivity contribution < 1.29 is 0 Å². The first kappa shape index (κ1) is 40.2. The third-order valence-corrected chi connectivity index (χ3v) is 12.5. The lowest BCUT2D eigenvalue weighted by Gasteiger charge is -2.28.